The number of likely N-dealkylation sites (tertiary alicyclic amines) is 1. The summed E-state index contributed by atoms with van der Waals surface area (Å²) in [6.07, 6.45) is 2.61. The first-order valence-electron chi connectivity index (χ1n) is 6.96. The summed E-state index contributed by atoms with van der Waals surface area (Å²) >= 11 is 0. The van der Waals surface area contributed by atoms with Gasteiger partial charge in [0.2, 0.25) is 0 Å². The fourth-order valence-electron chi connectivity index (χ4n) is 2.78. The second-order valence-corrected chi connectivity index (χ2v) is 5.29. The molecule has 0 unspecified atom stereocenters. The Morgan fingerprint density at radius 2 is 2.11 bits per heavy atom. The lowest BCUT2D eigenvalue weighted by atomic mass is 10.0. The normalized spacial score (nSPS) is 21.4. The van der Waals surface area contributed by atoms with Crippen molar-refractivity contribution in [3.8, 4) is 0 Å². The molecule has 1 aromatic rings. The molecule has 1 fully saturated rings. The van der Waals surface area contributed by atoms with Crippen LogP contribution in [0.3, 0.4) is 0 Å². The van der Waals surface area contributed by atoms with Gasteiger partial charge in [0.05, 0.1) is 0 Å². The molecule has 1 aliphatic rings. The molecule has 3 heteroatoms. The Kier molecular flexibility index (Phi) is 5.17. The van der Waals surface area contributed by atoms with Crippen molar-refractivity contribution in [3.63, 3.8) is 0 Å². The molecule has 2 rings (SSSR count). The fourth-order valence-corrected chi connectivity index (χ4v) is 2.78. The van der Waals surface area contributed by atoms with E-state index in [1.807, 2.05) is 0 Å². The molecule has 2 N–H and O–H groups in total. The Bertz CT molecular complexity index is 337. The Morgan fingerprint density at radius 3 is 2.83 bits per heavy atom. The fraction of sp³-hybridized carbons (Fsp3) is 0.600. The zero-order chi connectivity index (χ0) is 12.8. The average molecular weight is 247 g/mol. The highest BCUT2D eigenvalue weighted by atomic mass is 15.2. The number of hydrogen-bond acceptors (Lipinski definition) is 3. The molecule has 0 saturated carbocycles. The van der Waals surface area contributed by atoms with Crippen molar-refractivity contribution < 1.29 is 0 Å². The molecule has 1 saturated heterocycles. The summed E-state index contributed by atoms with van der Waals surface area (Å²) in [5.41, 5.74) is 7.05. The summed E-state index contributed by atoms with van der Waals surface area (Å²) in [7, 11) is 2.24. The molecule has 0 bridgehead atoms. The van der Waals surface area contributed by atoms with Gasteiger partial charge in [-0.05, 0) is 32.0 Å². The van der Waals surface area contributed by atoms with Crippen LogP contribution in [-0.4, -0.2) is 49.1 Å². The smallest absolute Gasteiger partial charge is 0.0234 e. The minimum absolute atomic E-state index is 0.672. The molecular formula is C15H25N3. The van der Waals surface area contributed by atoms with Crippen molar-refractivity contribution in [3.05, 3.63) is 35.9 Å². The van der Waals surface area contributed by atoms with E-state index in [0.29, 0.717) is 6.04 Å². The topological polar surface area (TPSA) is 32.5 Å². The maximum absolute atomic E-state index is 5.65. The molecule has 1 atom stereocenters. The van der Waals surface area contributed by atoms with Crippen LogP contribution in [0, 0.1) is 0 Å². The number of nitrogens with two attached hydrogens (primary N) is 1. The van der Waals surface area contributed by atoms with Gasteiger partial charge in [-0.1, -0.05) is 30.3 Å². The van der Waals surface area contributed by atoms with Gasteiger partial charge >= 0.3 is 0 Å². The van der Waals surface area contributed by atoms with Crippen LogP contribution in [0.15, 0.2) is 30.3 Å². The summed E-state index contributed by atoms with van der Waals surface area (Å²) in [5.74, 6) is 0. The lowest BCUT2D eigenvalue weighted by molar-refractivity contribution is 0.114. The molecule has 0 amide bonds. The number of hydrogen-bond donors (Lipinski definition) is 1. The zero-order valence-electron chi connectivity index (χ0n) is 11.4. The van der Waals surface area contributed by atoms with Crippen molar-refractivity contribution in [1.82, 2.24) is 9.80 Å². The van der Waals surface area contributed by atoms with Gasteiger partial charge in [0.25, 0.3) is 0 Å². The molecule has 1 aromatic carbocycles. The summed E-state index contributed by atoms with van der Waals surface area (Å²) in [6, 6.07) is 11.4. The summed E-state index contributed by atoms with van der Waals surface area (Å²) < 4.78 is 0. The molecule has 100 valence electrons. The van der Waals surface area contributed by atoms with Crippen LogP contribution >= 0.6 is 0 Å². The van der Waals surface area contributed by atoms with E-state index in [9.17, 15) is 0 Å². The Hall–Kier alpha value is -0.900. The van der Waals surface area contributed by atoms with Gasteiger partial charge in [-0.2, -0.15) is 0 Å². The van der Waals surface area contributed by atoms with Crippen molar-refractivity contribution in [2.75, 3.05) is 33.2 Å². The second kappa shape index (κ2) is 6.88. The number of piperidine rings is 1. The molecule has 0 aliphatic carbocycles. The lowest BCUT2D eigenvalue weighted by Crippen LogP contribution is -2.47. The van der Waals surface area contributed by atoms with Gasteiger partial charge in [-0.3, -0.25) is 4.90 Å². The molecule has 0 radical (unpaired) electrons. The highest BCUT2D eigenvalue weighted by Crippen LogP contribution is 2.16. The number of benzene rings is 1. The van der Waals surface area contributed by atoms with Crippen molar-refractivity contribution >= 4 is 0 Å². The van der Waals surface area contributed by atoms with E-state index in [1.54, 1.807) is 0 Å². The predicted molar refractivity (Wildman–Crippen MR) is 76.4 cm³/mol. The molecule has 0 spiro atoms. The number of rotatable bonds is 5. The SMILES string of the molecule is CN(Cc1ccccc1)[C@H]1CCCN(CCN)C1. The van der Waals surface area contributed by atoms with Crippen LogP contribution in [0.2, 0.25) is 0 Å². The predicted octanol–water partition coefficient (Wildman–Crippen LogP) is 1.54. The number of likely N-dealkylation sites (N-methyl/N-ethyl adjacent to an activating group) is 1. The molecule has 1 aliphatic heterocycles. The molecular weight excluding hydrogens is 222 g/mol. The standard InChI is InChI=1S/C15H25N3/c1-17(12-14-6-3-2-4-7-14)15-8-5-10-18(13-15)11-9-16/h2-4,6-7,15H,5,8-13,16H2,1H3/t15-/m0/s1. The van der Waals surface area contributed by atoms with Crippen molar-refractivity contribution in [1.29, 1.82) is 0 Å². The van der Waals surface area contributed by atoms with Crippen molar-refractivity contribution in [2.24, 2.45) is 5.73 Å². The minimum atomic E-state index is 0.672. The highest BCUT2D eigenvalue weighted by Gasteiger charge is 2.22. The van der Waals surface area contributed by atoms with Crippen LogP contribution in [0.4, 0.5) is 0 Å². The molecule has 18 heavy (non-hydrogen) atoms. The van der Waals surface area contributed by atoms with Gasteiger partial charge in [0, 0.05) is 32.2 Å². The first-order chi connectivity index (χ1) is 8.79. The van der Waals surface area contributed by atoms with Crippen LogP contribution in [0.5, 0.6) is 0 Å². The van der Waals surface area contributed by atoms with E-state index in [2.05, 4.69) is 47.2 Å². The van der Waals surface area contributed by atoms with Gasteiger partial charge in [-0.15, -0.1) is 0 Å². The van der Waals surface area contributed by atoms with E-state index in [0.717, 1.165) is 19.6 Å². The maximum Gasteiger partial charge on any atom is 0.0234 e. The largest absolute Gasteiger partial charge is 0.329 e. The van der Waals surface area contributed by atoms with Gasteiger partial charge in [0.1, 0.15) is 0 Å². The van der Waals surface area contributed by atoms with E-state index >= 15 is 0 Å². The Morgan fingerprint density at radius 1 is 1.33 bits per heavy atom. The molecule has 1 heterocycles. The number of nitrogens with zero attached hydrogens (tertiary/aromatic N) is 2. The van der Waals surface area contributed by atoms with E-state index in [1.165, 1.54) is 31.5 Å². The average Bonchev–Trinajstić information content (AvgIpc) is 2.40. The van der Waals surface area contributed by atoms with Crippen molar-refractivity contribution in [2.45, 2.75) is 25.4 Å². The Balaban J connectivity index is 1.86. The van der Waals surface area contributed by atoms with Crippen LogP contribution < -0.4 is 5.73 Å². The third kappa shape index (κ3) is 3.80. The third-order valence-electron chi connectivity index (χ3n) is 3.82. The molecule has 3 nitrogen and oxygen atoms in total. The lowest BCUT2D eigenvalue weighted by Gasteiger charge is -2.37. The third-order valence-corrected chi connectivity index (χ3v) is 3.82. The Labute approximate surface area is 111 Å². The zero-order valence-corrected chi connectivity index (χ0v) is 11.4. The first-order valence-corrected chi connectivity index (χ1v) is 6.96. The minimum Gasteiger partial charge on any atom is -0.329 e. The van der Waals surface area contributed by atoms with E-state index in [-0.39, 0.29) is 0 Å². The van der Waals surface area contributed by atoms with Crippen LogP contribution in [0.1, 0.15) is 18.4 Å². The van der Waals surface area contributed by atoms with Gasteiger partial charge in [-0.25, -0.2) is 0 Å². The monoisotopic (exact) mass is 247 g/mol. The van der Waals surface area contributed by atoms with E-state index in [4.69, 9.17) is 5.73 Å². The first kappa shape index (κ1) is 13.5. The summed E-state index contributed by atoms with van der Waals surface area (Å²) in [5, 5.41) is 0. The van der Waals surface area contributed by atoms with Crippen LogP contribution in [-0.2, 0) is 6.54 Å². The highest BCUT2D eigenvalue weighted by molar-refractivity contribution is 5.14. The maximum atomic E-state index is 5.65. The summed E-state index contributed by atoms with van der Waals surface area (Å²) in [6.45, 7) is 5.24. The quantitative estimate of drug-likeness (QED) is 0.856. The van der Waals surface area contributed by atoms with Gasteiger partial charge in [0.15, 0.2) is 0 Å². The second-order valence-electron chi connectivity index (χ2n) is 5.29. The summed E-state index contributed by atoms with van der Waals surface area (Å²) in [4.78, 5) is 4.98. The molecule has 0 aromatic heterocycles. The van der Waals surface area contributed by atoms with Crippen LogP contribution in [0.25, 0.3) is 0 Å². The van der Waals surface area contributed by atoms with E-state index < -0.39 is 0 Å². The van der Waals surface area contributed by atoms with Gasteiger partial charge < -0.3 is 10.6 Å².